The first-order valence-electron chi connectivity index (χ1n) is 5.72. The summed E-state index contributed by atoms with van der Waals surface area (Å²) in [7, 11) is 0. The van der Waals surface area contributed by atoms with E-state index in [2.05, 4.69) is 26.0 Å². The van der Waals surface area contributed by atoms with Crippen molar-refractivity contribution in [2.45, 2.75) is 58.8 Å². The number of carbonyl (C=O) groups is 1. The molecule has 0 aliphatic heterocycles. The van der Waals surface area contributed by atoms with E-state index in [-0.39, 0.29) is 0 Å². The van der Waals surface area contributed by atoms with E-state index in [0.717, 1.165) is 0 Å². The maximum absolute atomic E-state index is 8.56. The van der Waals surface area contributed by atoms with Gasteiger partial charge in [0.1, 0.15) is 0 Å². The Morgan fingerprint density at radius 3 is 1.93 bits per heavy atom. The van der Waals surface area contributed by atoms with Gasteiger partial charge in [0, 0.05) is 0 Å². The summed E-state index contributed by atoms with van der Waals surface area (Å²) in [4.78, 5) is 8.56. The summed E-state index contributed by atoms with van der Waals surface area (Å²) < 4.78 is 0. The van der Waals surface area contributed by atoms with Crippen LogP contribution in [0.2, 0.25) is 0 Å². The molecule has 3 nitrogen and oxygen atoms in total. The smallest absolute Gasteiger partial charge is 0.450 e. The average molecular weight is 216 g/mol. The molecule has 0 aliphatic rings. The quantitative estimate of drug-likeness (QED) is 0.485. The van der Waals surface area contributed by atoms with Crippen LogP contribution in [0.25, 0.3) is 0 Å². The summed E-state index contributed by atoms with van der Waals surface area (Å²) in [6, 6.07) is 0. The van der Waals surface area contributed by atoms with E-state index in [1.807, 2.05) is 0 Å². The highest BCUT2D eigenvalue weighted by molar-refractivity contribution is 5.53. The normalized spacial score (nSPS) is 9.73. The lowest BCUT2D eigenvalue weighted by atomic mass is 10.1. The Morgan fingerprint density at radius 2 is 1.47 bits per heavy atom. The van der Waals surface area contributed by atoms with E-state index in [0.29, 0.717) is 0 Å². The van der Waals surface area contributed by atoms with Gasteiger partial charge in [-0.15, -0.1) is 0 Å². The SMILES string of the molecule is CCCC=CCCCCCC.O=C(O)O. The Morgan fingerprint density at radius 1 is 0.933 bits per heavy atom. The zero-order chi connectivity index (χ0) is 11.9. The van der Waals surface area contributed by atoms with Gasteiger partial charge in [0.05, 0.1) is 0 Å². The second kappa shape index (κ2) is 15.5. The maximum Gasteiger partial charge on any atom is 0.503 e. The molecule has 0 spiro atoms. The summed E-state index contributed by atoms with van der Waals surface area (Å²) in [6.45, 7) is 4.48. The molecule has 0 atom stereocenters. The number of carboxylic acid groups (broad SMARTS) is 2. The molecule has 0 saturated carbocycles. The van der Waals surface area contributed by atoms with Gasteiger partial charge in [0.2, 0.25) is 0 Å². The lowest BCUT2D eigenvalue weighted by molar-refractivity contribution is 0.137. The molecule has 90 valence electrons. The van der Waals surface area contributed by atoms with E-state index in [9.17, 15) is 0 Å². The molecule has 0 fully saturated rings. The third-order valence-electron chi connectivity index (χ3n) is 1.85. The number of hydrogen-bond acceptors (Lipinski definition) is 1. The highest BCUT2D eigenvalue weighted by Gasteiger charge is 1.83. The lowest BCUT2D eigenvalue weighted by Crippen LogP contribution is -1.81. The summed E-state index contributed by atoms with van der Waals surface area (Å²) in [5.41, 5.74) is 0. The Labute approximate surface area is 92.8 Å². The minimum absolute atomic E-state index is 1.26. The minimum atomic E-state index is -1.83. The van der Waals surface area contributed by atoms with E-state index in [4.69, 9.17) is 15.0 Å². The number of unbranched alkanes of at least 4 members (excludes halogenated alkanes) is 5. The third kappa shape index (κ3) is 32.1. The summed E-state index contributed by atoms with van der Waals surface area (Å²) in [5, 5.41) is 13.9. The highest BCUT2D eigenvalue weighted by atomic mass is 16.6. The average Bonchev–Trinajstić information content (AvgIpc) is 2.16. The van der Waals surface area contributed by atoms with Crippen LogP contribution in [0.15, 0.2) is 12.2 Å². The number of rotatable bonds is 7. The van der Waals surface area contributed by atoms with Crippen LogP contribution in [0.5, 0.6) is 0 Å². The second-order valence-corrected chi connectivity index (χ2v) is 3.39. The molecular weight excluding hydrogens is 192 g/mol. The summed E-state index contributed by atoms with van der Waals surface area (Å²) in [6.07, 6.45) is 12.2. The van der Waals surface area contributed by atoms with Gasteiger partial charge in [-0.2, -0.15) is 0 Å². The van der Waals surface area contributed by atoms with Gasteiger partial charge in [0.25, 0.3) is 0 Å². The van der Waals surface area contributed by atoms with Crippen molar-refractivity contribution in [3.05, 3.63) is 12.2 Å². The molecule has 0 aliphatic carbocycles. The third-order valence-corrected chi connectivity index (χ3v) is 1.85. The van der Waals surface area contributed by atoms with Gasteiger partial charge in [-0.05, 0) is 19.3 Å². The second-order valence-electron chi connectivity index (χ2n) is 3.39. The van der Waals surface area contributed by atoms with Crippen molar-refractivity contribution in [3.63, 3.8) is 0 Å². The van der Waals surface area contributed by atoms with Gasteiger partial charge in [0.15, 0.2) is 0 Å². The Bertz CT molecular complexity index is 149. The van der Waals surface area contributed by atoms with Crippen molar-refractivity contribution in [2.24, 2.45) is 0 Å². The zero-order valence-electron chi connectivity index (χ0n) is 9.91. The van der Waals surface area contributed by atoms with Crippen molar-refractivity contribution in [3.8, 4) is 0 Å². The molecule has 2 N–H and O–H groups in total. The summed E-state index contributed by atoms with van der Waals surface area (Å²) in [5.74, 6) is 0. The molecule has 0 rings (SSSR count). The lowest BCUT2D eigenvalue weighted by Gasteiger charge is -1.93. The first kappa shape index (κ1) is 16.4. The van der Waals surface area contributed by atoms with Crippen molar-refractivity contribution in [1.29, 1.82) is 0 Å². The Balaban J connectivity index is 0. The van der Waals surface area contributed by atoms with Crippen LogP contribution in [-0.4, -0.2) is 16.4 Å². The fourth-order valence-corrected chi connectivity index (χ4v) is 1.09. The van der Waals surface area contributed by atoms with Gasteiger partial charge in [-0.3, -0.25) is 0 Å². The van der Waals surface area contributed by atoms with Crippen LogP contribution in [-0.2, 0) is 0 Å². The van der Waals surface area contributed by atoms with Gasteiger partial charge >= 0.3 is 6.16 Å². The maximum atomic E-state index is 8.56. The van der Waals surface area contributed by atoms with E-state index >= 15 is 0 Å². The minimum Gasteiger partial charge on any atom is -0.450 e. The molecule has 0 radical (unpaired) electrons. The molecular formula is C12H24O3. The first-order valence-corrected chi connectivity index (χ1v) is 5.72. The van der Waals surface area contributed by atoms with Crippen molar-refractivity contribution >= 4 is 6.16 Å². The summed E-state index contributed by atoms with van der Waals surface area (Å²) >= 11 is 0. The molecule has 0 aromatic rings. The van der Waals surface area contributed by atoms with E-state index in [1.54, 1.807) is 0 Å². The molecule has 0 aromatic heterocycles. The molecule has 0 aromatic carbocycles. The molecule has 0 unspecified atom stereocenters. The van der Waals surface area contributed by atoms with Crippen LogP contribution in [0.1, 0.15) is 58.8 Å². The predicted molar refractivity (Wildman–Crippen MR) is 63.5 cm³/mol. The molecule has 0 amide bonds. The fraction of sp³-hybridized carbons (Fsp3) is 0.750. The van der Waals surface area contributed by atoms with Crippen molar-refractivity contribution in [2.75, 3.05) is 0 Å². The van der Waals surface area contributed by atoms with Gasteiger partial charge < -0.3 is 10.2 Å². The van der Waals surface area contributed by atoms with Crippen LogP contribution < -0.4 is 0 Å². The first-order chi connectivity index (χ1) is 7.15. The van der Waals surface area contributed by atoms with E-state index in [1.165, 1.54) is 44.9 Å². The Hall–Kier alpha value is -0.990. The van der Waals surface area contributed by atoms with Crippen LogP contribution >= 0.6 is 0 Å². The van der Waals surface area contributed by atoms with Crippen LogP contribution in [0.3, 0.4) is 0 Å². The fourth-order valence-electron chi connectivity index (χ4n) is 1.09. The monoisotopic (exact) mass is 216 g/mol. The topological polar surface area (TPSA) is 57.5 Å². The number of allylic oxidation sites excluding steroid dienone is 2. The molecule has 0 bridgehead atoms. The molecule has 0 saturated heterocycles. The van der Waals surface area contributed by atoms with Crippen LogP contribution in [0, 0.1) is 0 Å². The predicted octanol–water partition coefficient (Wildman–Crippen LogP) is 4.54. The largest absolute Gasteiger partial charge is 0.503 e. The standard InChI is InChI=1S/C11H22.CH2O3/c1-3-5-7-9-11-10-8-6-4-2;2-1(3)4/h7,9H,3-6,8,10-11H2,1-2H3;(H2,2,3,4). The van der Waals surface area contributed by atoms with Crippen LogP contribution in [0.4, 0.5) is 4.79 Å². The highest BCUT2D eigenvalue weighted by Crippen LogP contribution is 2.03. The van der Waals surface area contributed by atoms with E-state index < -0.39 is 6.16 Å². The zero-order valence-corrected chi connectivity index (χ0v) is 9.91. The molecule has 0 heterocycles. The number of hydrogen-bond donors (Lipinski definition) is 2. The van der Waals surface area contributed by atoms with Gasteiger partial charge in [-0.1, -0.05) is 51.7 Å². The van der Waals surface area contributed by atoms with Gasteiger partial charge in [-0.25, -0.2) is 4.79 Å². The van der Waals surface area contributed by atoms with Crippen molar-refractivity contribution in [1.82, 2.24) is 0 Å². The Kier molecular flexibility index (Phi) is 17.0. The molecule has 15 heavy (non-hydrogen) atoms. The van der Waals surface area contributed by atoms with Crippen molar-refractivity contribution < 1.29 is 15.0 Å². The molecule has 3 heteroatoms.